The van der Waals surface area contributed by atoms with Gasteiger partial charge in [-0.25, -0.2) is 4.98 Å². The third-order valence-corrected chi connectivity index (χ3v) is 4.25. The zero-order valence-electron chi connectivity index (χ0n) is 15.0. The van der Waals surface area contributed by atoms with Gasteiger partial charge in [-0.1, -0.05) is 12.1 Å². The van der Waals surface area contributed by atoms with Crippen LogP contribution in [0.5, 0.6) is 0 Å². The summed E-state index contributed by atoms with van der Waals surface area (Å²) < 4.78 is 12.5. The first-order chi connectivity index (χ1) is 13.2. The van der Waals surface area contributed by atoms with Crippen molar-refractivity contribution in [1.82, 2.24) is 25.0 Å². The van der Waals surface area contributed by atoms with Crippen molar-refractivity contribution in [3.05, 3.63) is 54.6 Å². The summed E-state index contributed by atoms with van der Waals surface area (Å²) in [7, 11) is 0. The summed E-state index contributed by atoms with van der Waals surface area (Å²) in [5.74, 6) is 0.669. The minimum absolute atomic E-state index is 0.231. The Morgan fingerprint density at radius 2 is 2.22 bits per heavy atom. The molecule has 1 N–H and O–H groups in total. The van der Waals surface area contributed by atoms with Gasteiger partial charge in [0.1, 0.15) is 6.04 Å². The number of amides is 1. The molecule has 1 atom stereocenters. The van der Waals surface area contributed by atoms with Gasteiger partial charge in [0.25, 0.3) is 5.91 Å². The smallest absolute Gasteiger partial charge is 0.287 e. The Morgan fingerprint density at radius 1 is 1.33 bits per heavy atom. The van der Waals surface area contributed by atoms with Crippen LogP contribution in [0.1, 0.15) is 42.8 Å². The Bertz CT molecular complexity index is 1060. The van der Waals surface area contributed by atoms with Crippen molar-refractivity contribution in [2.75, 3.05) is 0 Å². The van der Waals surface area contributed by atoms with E-state index in [1.165, 1.54) is 6.26 Å². The number of carbonyl (C=O) groups excluding carboxylic acids is 1. The molecule has 4 aromatic rings. The molecule has 0 aliphatic rings. The standard InChI is InChI=1S/C19H19N5O3/c1-3-8-24-11-20-14-10-13(6-7-15(14)24)17-22-19(27-23-17)12(2)21-18(25)16-5-4-9-26-16/h4-7,9-12H,3,8H2,1-2H3,(H,21,25)/t12-/m0/s1. The number of imidazole rings is 1. The van der Waals surface area contributed by atoms with Gasteiger partial charge in [-0.2, -0.15) is 4.98 Å². The molecule has 0 unspecified atom stereocenters. The molecule has 0 aliphatic heterocycles. The highest BCUT2D eigenvalue weighted by molar-refractivity contribution is 5.91. The van der Waals surface area contributed by atoms with E-state index in [-0.39, 0.29) is 11.7 Å². The molecule has 0 spiro atoms. The Kier molecular flexibility index (Phi) is 4.45. The largest absolute Gasteiger partial charge is 0.459 e. The van der Waals surface area contributed by atoms with Gasteiger partial charge in [-0.05, 0) is 43.7 Å². The van der Waals surface area contributed by atoms with E-state index in [0.717, 1.165) is 29.6 Å². The van der Waals surface area contributed by atoms with Crippen molar-refractivity contribution < 1.29 is 13.7 Å². The number of aromatic nitrogens is 4. The van der Waals surface area contributed by atoms with Crippen LogP contribution in [0.3, 0.4) is 0 Å². The minimum atomic E-state index is -0.448. The first-order valence-electron chi connectivity index (χ1n) is 8.79. The van der Waals surface area contributed by atoms with Gasteiger partial charge < -0.3 is 18.8 Å². The lowest BCUT2D eigenvalue weighted by Crippen LogP contribution is -2.26. The van der Waals surface area contributed by atoms with Crippen LogP contribution in [0.25, 0.3) is 22.4 Å². The summed E-state index contributed by atoms with van der Waals surface area (Å²) in [6.45, 7) is 4.83. The maximum absolute atomic E-state index is 12.1. The molecule has 0 fully saturated rings. The van der Waals surface area contributed by atoms with E-state index in [4.69, 9.17) is 8.94 Å². The average molecular weight is 365 g/mol. The van der Waals surface area contributed by atoms with Crippen LogP contribution in [0, 0.1) is 0 Å². The van der Waals surface area contributed by atoms with Crippen LogP contribution in [0.15, 0.2) is 51.9 Å². The summed E-state index contributed by atoms with van der Waals surface area (Å²) in [6.07, 6.45) is 4.33. The van der Waals surface area contributed by atoms with E-state index in [1.54, 1.807) is 19.1 Å². The highest BCUT2D eigenvalue weighted by Crippen LogP contribution is 2.23. The van der Waals surface area contributed by atoms with Crippen LogP contribution in [0.2, 0.25) is 0 Å². The second kappa shape index (κ2) is 7.06. The maximum Gasteiger partial charge on any atom is 0.287 e. The second-order valence-electron chi connectivity index (χ2n) is 6.27. The number of furan rings is 1. The minimum Gasteiger partial charge on any atom is -0.459 e. The molecule has 0 radical (unpaired) electrons. The fourth-order valence-corrected chi connectivity index (χ4v) is 2.89. The van der Waals surface area contributed by atoms with E-state index in [0.29, 0.717) is 11.7 Å². The van der Waals surface area contributed by atoms with Crippen molar-refractivity contribution >= 4 is 16.9 Å². The molecule has 3 aromatic heterocycles. The molecule has 4 rings (SSSR count). The number of aryl methyl sites for hydroxylation is 1. The van der Waals surface area contributed by atoms with Crippen LogP contribution in [-0.2, 0) is 6.54 Å². The number of benzene rings is 1. The topological polar surface area (TPSA) is 99.0 Å². The van der Waals surface area contributed by atoms with E-state index >= 15 is 0 Å². The third-order valence-electron chi connectivity index (χ3n) is 4.25. The maximum atomic E-state index is 12.1. The van der Waals surface area contributed by atoms with Crippen LogP contribution in [-0.4, -0.2) is 25.6 Å². The normalized spacial score (nSPS) is 12.4. The van der Waals surface area contributed by atoms with Crippen LogP contribution in [0.4, 0.5) is 0 Å². The number of nitrogens with one attached hydrogen (secondary N) is 1. The van der Waals surface area contributed by atoms with Gasteiger partial charge in [-0.3, -0.25) is 4.79 Å². The molecule has 27 heavy (non-hydrogen) atoms. The number of carbonyl (C=O) groups is 1. The summed E-state index contributed by atoms with van der Waals surface area (Å²) in [5.41, 5.74) is 2.76. The van der Waals surface area contributed by atoms with Gasteiger partial charge in [-0.15, -0.1) is 0 Å². The molecule has 8 nitrogen and oxygen atoms in total. The van der Waals surface area contributed by atoms with Gasteiger partial charge in [0.05, 0.1) is 23.6 Å². The Morgan fingerprint density at radius 3 is 3.00 bits per heavy atom. The SMILES string of the molecule is CCCn1cnc2cc(-c3noc([C@H](C)NC(=O)c4ccco4)n3)ccc21. The van der Waals surface area contributed by atoms with Gasteiger partial charge >= 0.3 is 0 Å². The molecule has 0 saturated heterocycles. The number of rotatable bonds is 6. The highest BCUT2D eigenvalue weighted by atomic mass is 16.5. The van der Waals surface area contributed by atoms with Crippen LogP contribution < -0.4 is 5.32 Å². The van der Waals surface area contributed by atoms with Crippen molar-refractivity contribution in [2.45, 2.75) is 32.9 Å². The quantitative estimate of drug-likeness (QED) is 0.561. The Balaban J connectivity index is 1.53. The fraction of sp³-hybridized carbons (Fsp3) is 0.263. The molecule has 1 aromatic carbocycles. The predicted molar refractivity (Wildman–Crippen MR) is 97.9 cm³/mol. The first-order valence-corrected chi connectivity index (χ1v) is 8.79. The third kappa shape index (κ3) is 3.33. The molecule has 0 bridgehead atoms. The van der Waals surface area contributed by atoms with Crippen LogP contribution >= 0.6 is 0 Å². The van der Waals surface area contributed by atoms with Gasteiger partial charge in [0.15, 0.2) is 5.76 Å². The summed E-state index contributed by atoms with van der Waals surface area (Å²) >= 11 is 0. The number of fused-ring (bicyclic) bond motifs is 1. The molecule has 1 amide bonds. The van der Waals surface area contributed by atoms with Gasteiger partial charge in [0.2, 0.25) is 11.7 Å². The lowest BCUT2D eigenvalue weighted by atomic mass is 10.2. The zero-order valence-corrected chi connectivity index (χ0v) is 15.0. The summed E-state index contributed by atoms with van der Waals surface area (Å²) in [5, 5.41) is 6.80. The highest BCUT2D eigenvalue weighted by Gasteiger charge is 2.19. The lowest BCUT2D eigenvalue weighted by Gasteiger charge is -2.07. The van der Waals surface area contributed by atoms with Gasteiger partial charge in [0, 0.05) is 12.1 Å². The average Bonchev–Trinajstić information content (AvgIpc) is 3.42. The molecular weight excluding hydrogens is 346 g/mol. The lowest BCUT2D eigenvalue weighted by molar-refractivity contribution is 0.0904. The van der Waals surface area contributed by atoms with E-state index in [9.17, 15) is 4.79 Å². The fourth-order valence-electron chi connectivity index (χ4n) is 2.89. The molecule has 3 heterocycles. The number of hydrogen-bond donors (Lipinski definition) is 1. The number of hydrogen-bond acceptors (Lipinski definition) is 6. The Labute approximate surface area is 155 Å². The van der Waals surface area contributed by atoms with Crippen molar-refractivity contribution in [1.29, 1.82) is 0 Å². The van der Waals surface area contributed by atoms with Crippen molar-refractivity contribution in [3.63, 3.8) is 0 Å². The van der Waals surface area contributed by atoms with E-state index in [1.807, 2.05) is 24.5 Å². The predicted octanol–water partition coefficient (Wildman–Crippen LogP) is 3.58. The molecule has 0 saturated carbocycles. The molecule has 138 valence electrons. The molecule has 8 heteroatoms. The zero-order chi connectivity index (χ0) is 18.8. The first kappa shape index (κ1) is 17.0. The number of nitrogens with zero attached hydrogens (tertiary/aromatic N) is 4. The van der Waals surface area contributed by atoms with E-state index < -0.39 is 6.04 Å². The summed E-state index contributed by atoms with van der Waals surface area (Å²) in [4.78, 5) is 20.9. The van der Waals surface area contributed by atoms with Crippen molar-refractivity contribution in [2.24, 2.45) is 0 Å². The molecule has 0 aliphatic carbocycles. The monoisotopic (exact) mass is 365 g/mol. The molecular formula is C19H19N5O3. The van der Waals surface area contributed by atoms with E-state index in [2.05, 4.69) is 31.9 Å². The summed E-state index contributed by atoms with van der Waals surface area (Å²) in [6, 6.07) is 8.68. The Hall–Kier alpha value is -3.42. The second-order valence-corrected chi connectivity index (χ2v) is 6.27. The van der Waals surface area contributed by atoms with Crippen molar-refractivity contribution in [3.8, 4) is 11.4 Å².